The van der Waals surface area contributed by atoms with Crippen LogP contribution >= 0.6 is 31.9 Å². The fourth-order valence-corrected chi connectivity index (χ4v) is 4.03. The van der Waals surface area contributed by atoms with Gasteiger partial charge in [0.15, 0.2) is 0 Å². The molecule has 0 aliphatic heterocycles. The first-order valence-electron chi connectivity index (χ1n) is 9.29. The first kappa shape index (κ1) is 22.1. The number of hydrogen-bond acceptors (Lipinski definition) is 4. The van der Waals surface area contributed by atoms with Gasteiger partial charge in [0.1, 0.15) is 18.1 Å². The summed E-state index contributed by atoms with van der Waals surface area (Å²) in [6.45, 7) is 2.90. The van der Waals surface area contributed by atoms with E-state index in [0.29, 0.717) is 24.5 Å². The lowest BCUT2D eigenvalue weighted by molar-refractivity contribution is 0.0955. The Hall–Kier alpha value is -2.64. The Labute approximate surface area is 192 Å². The summed E-state index contributed by atoms with van der Waals surface area (Å²) in [6.07, 6.45) is 1.56. The van der Waals surface area contributed by atoms with Crippen LogP contribution in [0.15, 0.2) is 80.8 Å². The van der Waals surface area contributed by atoms with Gasteiger partial charge in [0.2, 0.25) is 0 Å². The molecule has 0 fully saturated rings. The van der Waals surface area contributed by atoms with E-state index < -0.39 is 0 Å². The highest BCUT2D eigenvalue weighted by Gasteiger charge is 2.10. The molecule has 0 atom stereocenters. The number of hydrogen-bond donors (Lipinski definition) is 1. The molecule has 1 N–H and O–H groups in total. The summed E-state index contributed by atoms with van der Waals surface area (Å²) in [6, 6.07) is 20.6. The zero-order chi connectivity index (χ0) is 21.3. The number of amides is 1. The van der Waals surface area contributed by atoms with Crippen LogP contribution in [0.5, 0.6) is 11.5 Å². The minimum atomic E-state index is -0.310. The van der Waals surface area contributed by atoms with Crippen LogP contribution in [0.4, 0.5) is 0 Å². The molecule has 0 aliphatic carbocycles. The topological polar surface area (TPSA) is 59.9 Å². The zero-order valence-corrected chi connectivity index (χ0v) is 19.4. The van der Waals surface area contributed by atoms with E-state index in [0.717, 1.165) is 25.8 Å². The second kappa shape index (κ2) is 10.9. The minimum absolute atomic E-state index is 0.310. The average Bonchev–Trinajstić information content (AvgIpc) is 2.74. The summed E-state index contributed by atoms with van der Waals surface area (Å²) in [7, 11) is 0. The van der Waals surface area contributed by atoms with Crippen LogP contribution in [0.2, 0.25) is 0 Å². The van der Waals surface area contributed by atoms with Crippen LogP contribution in [0.25, 0.3) is 0 Å². The third kappa shape index (κ3) is 6.18. The van der Waals surface area contributed by atoms with E-state index in [1.165, 1.54) is 0 Å². The zero-order valence-electron chi connectivity index (χ0n) is 16.3. The van der Waals surface area contributed by atoms with Gasteiger partial charge in [-0.1, -0.05) is 46.3 Å². The summed E-state index contributed by atoms with van der Waals surface area (Å²) < 4.78 is 13.0. The van der Waals surface area contributed by atoms with Gasteiger partial charge in [0.25, 0.3) is 5.91 Å². The lowest BCUT2D eigenvalue weighted by Gasteiger charge is -2.12. The fourth-order valence-electron chi connectivity index (χ4n) is 2.65. The maximum Gasteiger partial charge on any atom is 0.271 e. The molecular weight excluding hydrogens is 512 g/mol. The van der Waals surface area contributed by atoms with Gasteiger partial charge in [-0.15, -0.1) is 0 Å². The predicted molar refractivity (Wildman–Crippen MR) is 125 cm³/mol. The van der Waals surface area contributed by atoms with Crippen molar-refractivity contribution in [1.82, 2.24) is 5.43 Å². The largest absolute Gasteiger partial charge is 0.494 e. The Balaban J connectivity index is 1.70. The minimum Gasteiger partial charge on any atom is -0.494 e. The number of hydrazone groups is 1. The number of ether oxygens (including phenoxy) is 2. The van der Waals surface area contributed by atoms with Gasteiger partial charge in [-0.2, -0.15) is 5.10 Å². The molecular formula is C23H20Br2N2O3. The molecule has 0 aromatic heterocycles. The van der Waals surface area contributed by atoms with Crippen molar-refractivity contribution in [2.45, 2.75) is 13.5 Å². The molecule has 7 heteroatoms. The smallest absolute Gasteiger partial charge is 0.271 e. The first-order valence-corrected chi connectivity index (χ1v) is 10.9. The van der Waals surface area contributed by atoms with Crippen molar-refractivity contribution in [2.75, 3.05) is 6.61 Å². The Bertz CT molecular complexity index is 1020. The lowest BCUT2D eigenvalue weighted by atomic mass is 10.2. The summed E-state index contributed by atoms with van der Waals surface area (Å²) in [4.78, 5) is 12.3. The predicted octanol–water partition coefficient (Wildman–Crippen LogP) is 5.95. The summed E-state index contributed by atoms with van der Waals surface area (Å²) >= 11 is 7.01. The van der Waals surface area contributed by atoms with Crippen LogP contribution in [-0.2, 0) is 6.61 Å². The average molecular weight is 532 g/mol. The van der Waals surface area contributed by atoms with Gasteiger partial charge in [-0.05, 0) is 64.8 Å². The molecule has 0 aliphatic rings. The molecule has 0 bridgehead atoms. The molecule has 0 saturated carbocycles. The maximum absolute atomic E-state index is 12.3. The number of nitrogens with one attached hydrogen (secondary N) is 1. The molecule has 0 unspecified atom stereocenters. The van der Waals surface area contributed by atoms with Gasteiger partial charge < -0.3 is 9.47 Å². The van der Waals surface area contributed by atoms with Crippen molar-refractivity contribution in [3.05, 3.63) is 92.4 Å². The highest BCUT2D eigenvalue weighted by Crippen LogP contribution is 2.32. The molecule has 30 heavy (non-hydrogen) atoms. The second-order valence-corrected chi connectivity index (χ2v) is 8.01. The van der Waals surface area contributed by atoms with E-state index in [2.05, 4.69) is 42.4 Å². The summed E-state index contributed by atoms with van der Waals surface area (Å²) in [5.41, 5.74) is 4.81. The summed E-state index contributed by atoms with van der Waals surface area (Å²) in [5, 5.41) is 4.10. The van der Waals surface area contributed by atoms with Crippen molar-refractivity contribution in [1.29, 1.82) is 0 Å². The Morgan fingerprint density at radius 1 is 1.03 bits per heavy atom. The van der Waals surface area contributed by atoms with Gasteiger partial charge in [-0.25, -0.2) is 5.43 Å². The van der Waals surface area contributed by atoms with E-state index in [-0.39, 0.29) is 5.91 Å². The number of carbonyl (C=O) groups excluding carboxylic acids is 1. The first-order chi connectivity index (χ1) is 14.6. The van der Waals surface area contributed by atoms with Crippen molar-refractivity contribution in [3.8, 4) is 11.5 Å². The van der Waals surface area contributed by atoms with Gasteiger partial charge >= 0.3 is 0 Å². The monoisotopic (exact) mass is 530 g/mol. The van der Waals surface area contributed by atoms with Crippen molar-refractivity contribution in [3.63, 3.8) is 0 Å². The SMILES string of the molecule is CCOc1ccc(C(=O)N/N=C/c2cc(Br)cc(Br)c2OCc2ccccc2)cc1. The van der Waals surface area contributed by atoms with E-state index in [9.17, 15) is 4.79 Å². The van der Waals surface area contributed by atoms with Crippen molar-refractivity contribution < 1.29 is 14.3 Å². The molecule has 3 aromatic rings. The van der Waals surface area contributed by atoms with Gasteiger partial charge in [0, 0.05) is 15.6 Å². The normalized spacial score (nSPS) is 10.8. The molecule has 0 heterocycles. The molecule has 3 rings (SSSR count). The van der Waals surface area contributed by atoms with E-state index >= 15 is 0 Å². The fraction of sp³-hybridized carbons (Fsp3) is 0.130. The van der Waals surface area contributed by atoms with Crippen LogP contribution in [0, 0.1) is 0 Å². The van der Waals surface area contributed by atoms with E-state index in [1.807, 2.05) is 49.4 Å². The highest BCUT2D eigenvalue weighted by molar-refractivity contribution is 9.11. The lowest BCUT2D eigenvalue weighted by Crippen LogP contribution is -2.17. The summed E-state index contributed by atoms with van der Waals surface area (Å²) in [5.74, 6) is 1.05. The van der Waals surface area contributed by atoms with Crippen LogP contribution in [0.3, 0.4) is 0 Å². The second-order valence-electron chi connectivity index (χ2n) is 6.24. The quantitative estimate of drug-likeness (QED) is 0.288. The van der Waals surface area contributed by atoms with Crippen molar-refractivity contribution in [2.24, 2.45) is 5.10 Å². The number of carbonyl (C=O) groups is 1. The molecule has 0 saturated heterocycles. The van der Waals surface area contributed by atoms with E-state index in [4.69, 9.17) is 9.47 Å². The van der Waals surface area contributed by atoms with Gasteiger partial charge in [0.05, 0.1) is 17.3 Å². The standard InChI is InChI=1S/C23H20Br2N2O3/c1-2-29-20-10-8-17(9-11-20)23(28)27-26-14-18-12-19(24)13-21(25)22(18)30-15-16-6-4-3-5-7-16/h3-14H,2,15H2,1H3,(H,27,28)/b26-14+. The third-order valence-corrected chi connectivity index (χ3v) is 5.11. The third-order valence-electron chi connectivity index (χ3n) is 4.06. The Morgan fingerprint density at radius 3 is 2.47 bits per heavy atom. The van der Waals surface area contributed by atoms with Gasteiger partial charge in [-0.3, -0.25) is 4.79 Å². The van der Waals surface area contributed by atoms with E-state index in [1.54, 1.807) is 30.5 Å². The Morgan fingerprint density at radius 2 is 1.77 bits per heavy atom. The molecule has 154 valence electrons. The number of nitrogens with zero attached hydrogens (tertiary/aromatic N) is 1. The van der Waals surface area contributed by atoms with Crippen LogP contribution in [-0.4, -0.2) is 18.7 Å². The maximum atomic E-state index is 12.3. The Kier molecular flexibility index (Phi) is 8.04. The van der Waals surface area contributed by atoms with Crippen LogP contribution < -0.4 is 14.9 Å². The molecule has 5 nitrogen and oxygen atoms in total. The molecule has 0 radical (unpaired) electrons. The molecule has 1 amide bonds. The molecule has 3 aromatic carbocycles. The highest BCUT2D eigenvalue weighted by atomic mass is 79.9. The van der Waals surface area contributed by atoms with Crippen LogP contribution in [0.1, 0.15) is 28.4 Å². The number of halogens is 2. The molecule has 0 spiro atoms. The van der Waals surface area contributed by atoms with Crippen molar-refractivity contribution >= 4 is 44.0 Å². The number of benzene rings is 3. The number of rotatable bonds is 8.